The molecule has 0 unspecified atom stereocenters. The van der Waals surface area contributed by atoms with Gasteiger partial charge in [-0.25, -0.2) is 4.79 Å². The summed E-state index contributed by atoms with van der Waals surface area (Å²) in [5.41, 5.74) is 3.24. The van der Waals surface area contributed by atoms with Gasteiger partial charge in [-0.15, -0.1) is 0 Å². The van der Waals surface area contributed by atoms with Crippen molar-refractivity contribution >= 4 is 11.9 Å². The molecule has 7 heteroatoms. The number of carbonyl (C=O) groups excluding carboxylic acids is 1. The molecule has 1 fully saturated rings. The van der Waals surface area contributed by atoms with E-state index in [1.807, 2.05) is 24.0 Å². The van der Waals surface area contributed by atoms with Crippen molar-refractivity contribution in [2.45, 2.75) is 117 Å². The molecular weight excluding hydrogens is 490 g/mol. The smallest absolute Gasteiger partial charge is 0.358 e. The summed E-state index contributed by atoms with van der Waals surface area (Å²) in [5, 5.41) is 12.5. The topological polar surface area (TPSA) is 86.9 Å². The van der Waals surface area contributed by atoms with Crippen molar-refractivity contribution in [1.29, 1.82) is 0 Å². The van der Waals surface area contributed by atoms with E-state index in [1.165, 1.54) is 76.8 Å². The van der Waals surface area contributed by atoms with E-state index in [0.29, 0.717) is 24.3 Å². The minimum absolute atomic E-state index is 0.0947. The van der Waals surface area contributed by atoms with Crippen molar-refractivity contribution in [2.24, 2.45) is 5.92 Å². The lowest BCUT2D eigenvalue weighted by molar-refractivity contribution is 0.0680. The summed E-state index contributed by atoms with van der Waals surface area (Å²) in [7, 11) is 2.23. The van der Waals surface area contributed by atoms with Crippen molar-refractivity contribution in [3.63, 3.8) is 0 Å². The predicted octanol–water partition coefficient (Wildman–Crippen LogP) is 7.57. The molecule has 2 heterocycles. The van der Waals surface area contributed by atoms with E-state index in [4.69, 9.17) is 9.63 Å². The lowest BCUT2D eigenvalue weighted by atomic mass is 9.99. The van der Waals surface area contributed by atoms with Crippen LogP contribution in [0.2, 0.25) is 0 Å². The fourth-order valence-electron chi connectivity index (χ4n) is 5.26. The molecule has 2 aromatic rings. The number of hydrogen-bond donors (Lipinski definition) is 1. The first kappa shape index (κ1) is 30.9. The summed E-state index contributed by atoms with van der Waals surface area (Å²) in [6.07, 6.45) is 13.8. The molecule has 0 bridgehead atoms. The van der Waals surface area contributed by atoms with Crippen LogP contribution >= 0.6 is 0 Å². The first-order valence-corrected chi connectivity index (χ1v) is 15.0. The van der Waals surface area contributed by atoms with Gasteiger partial charge in [0.15, 0.2) is 11.5 Å². The van der Waals surface area contributed by atoms with Crippen LogP contribution in [0.3, 0.4) is 0 Å². The fraction of sp³-hybridized carbons (Fsp3) is 0.656. The summed E-state index contributed by atoms with van der Waals surface area (Å²) < 4.78 is 5.15. The number of hydrogen-bond acceptors (Lipinski definition) is 5. The number of aromatic carboxylic acids is 1. The monoisotopic (exact) mass is 539 g/mol. The number of nitrogens with zero attached hydrogens (tertiary/aromatic N) is 3. The molecule has 1 aromatic carbocycles. The Bertz CT molecular complexity index is 1090. The van der Waals surface area contributed by atoms with Crippen molar-refractivity contribution < 1.29 is 19.2 Å². The largest absolute Gasteiger partial charge is 0.476 e. The summed E-state index contributed by atoms with van der Waals surface area (Å²) in [6.45, 7) is 12.7. The van der Waals surface area contributed by atoms with Gasteiger partial charge in [0.25, 0.3) is 5.91 Å². The second-order valence-electron chi connectivity index (χ2n) is 11.8. The number of carbonyl (C=O) groups is 2. The summed E-state index contributed by atoms with van der Waals surface area (Å²) in [4.78, 5) is 28.1. The van der Waals surface area contributed by atoms with Gasteiger partial charge in [-0.3, -0.25) is 4.79 Å². The maximum atomic E-state index is 12.7. The number of rotatable bonds is 14. The highest BCUT2D eigenvalue weighted by Crippen LogP contribution is 2.39. The van der Waals surface area contributed by atoms with E-state index in [-0.39, 0.29) is 17.6 Å². The van der Waals surface area contributed by atoms with Gasteiger partial charge in [0.05, 0.1) is 0 Å². The third-order valence-corrected chi connectivity index (χ3v) is 8.29. The van der Waals surface area contributed by atoms with Crippen molar-refractivity contribution in [3.05, 3.63) is 40.6 Å². The van der Waals surface area contributed by atoms with E-state index in [9.17, 15) is 9.59 Å². The Morgan fingerprint density at radius 1 is 1.08 bits per heavy atom. The van der Waals surface area contributed by atoms with Crippen molar-refractivity contribution in [2.75, 3.05) is 13.6 Å². The molecule has 1 N–H and O–H groups in total. The maximum absolute atomic E-state index is 12.7. The molecule has 216 valence electrons. The number of benzene rings is 1. The van der Waals surface area contributed by atoms with E-state index >= 15 is 0 Å². The molecule has 1 amide bonds. The molecule has 1 saturated carbocycles. The molecule has 2 aliphatic rings. The first-order chi connectivity index (χ1) is 18.6. The van der Waals surface area contributed by atoms with Gasteiger partial charge in [-0.2, -0.15) is 0 Å². The predicted molar refractivity (Wildman–Crippen MR) is 156 cm³/mol. The Kier molecular flexibility index (Phi) is 11.6. The maximum Gasteiger partial charge on any atom is 0.358 e. The van der Waals surface area contributed by atoms with Crippen LogP contribution in [0.1, 0.15) is 124 Å². The Morgan fingerprint density at radius 3 is 2.28 bits per heavy atom. The molecule has 1 atom stereocenters. The lowest BCUT2D eigenvalue weighted by Gasteiger charge is -2.24. The van der Waals surface area contributed by atoms with Gasteiger partial charge in [-0.05, 0) is 89.7 Å². The Labute approximate surface area is 234 Å². The van der Waals surface area contributed by atoms with Crippen LogP contribution < -0.4 is 0 Å². The van der Waals surface area contributed by atoms with Gasteiger partial charge in [-0.1, -0.05) is 57.0 Å². The van der Waals surface area contributed by atoms with E-state index in [0.717, 1.165) is 22.3 Å². The summed E-state index contributed by atoms with van der Waals surface area (Å²) in [5.74, 6) is -0.00499. The minimum Gasteiger partial charge on any atom is -0.476 e. The Balaban J connectivity index is 0.000000244. The lowest BCUT2D eigenvalue weighted by Crippen LogP contribution is -2.34. The average Bonchev–Trinajstić information content (AvgIpc) is 3.52. The zero-order valence-corrected chi connectivity index (χ0v) is 25.0. The Hall–Kier alpha value is -2.67. The third kappa shape index (κ3) is 8.66. The van der Waals surface area contributed by atoms with Crippen LogP contribution in [0.5, 0.6) is 0 Å². The van der Waals surface area contributed by atoms with Crippen LogP contribution in [-0.4, -0.2) is 57.6 Å². The standard InChI is InChI=1S/C18H18N2O4.C14H31N/c1-9-5-12(15-7-14(18(22)23)19-24-15)6-13-8-20(17(21)16(9)13)10(2)11-3-4-11;1-5-6-7-8-9-10-11-12-13-15(4)14(2)3/h5-7,10-11H,3-4,8H2,1-2H3,(H,22,23);14H,5-13H2,1-4H3/t10-;/m0./s1. The van der Waals surface area contributed by atoms with Crippen molar-refractivity contribution in [3.8, 4) is 11.3 Å². The summed E-state index contributed by atoms with van der Waals surface area (Å²) in [6, 6.07) is 6.14. The van der Waals surface area contributed by atoms with E-state index < -0.39 is 5.97 Å². The first-order valence-electron chi connectivity index (χ1n) is 15.0. The number of carboxylic acids is 1. The van der Waals surface area contributed by atoms with Crippen LogP contribution in [0.25, 0.3) is 11.3 Å². The number of fused-ring (bicyclic) bond motifs is 1. The number of aromatic nitrogens is 1. The minimum atomic E-state index is -1.12. The van der Waals surface area contributed by atoms with Gasteiger partial charge in [0.2, 0.25) is 0 Å². The molecule has 0 saturated heterocycles. The SMILES string of the molecule is CCCCCCCCCCN(C)C(C)C.Cc1cc(-c2cc(C(=O)O)no2)cc2c1C(=O)N([C@@H](C)C1CC1)C2. The highest BCUT2D eigenvalue weighted by Gasteiger charge is 2.39. The van der Waals surface area contributed by atoms with Gasteiger partial charge in [0.1, 0.15) is 0 Å². The molecule has 0 spiro atoms. The zero-order chi connectivity index (χ0) is 28.5. The molecule has 39 heavy (non-hydrogen) atoms. The molecule has 1 aromatic heterocycles. The molecule has 7 nitrogen and oxygen atoms in total. The van der Waals surface area contributed by atoms with Gasteiger partial charge >= 0.3 is 5.97 Å². The van der Waals surface area contributed by atoms with Crippen LogP contribution in [0, 0.1) is 12.8 Å². The number of aryl methyl sites for hydroxylation is 1. The molecule has 0 radical (unpaired) electrons. The number of carboxylic acid groups (broad SMARTS) is 1. The quantitative estimate of drug-likeness (QED) is 0.249. The van der Waals surface area contributed by atoms with Crippen LogP contribution in [0.4, 0.5) is 0 Å². The zero-order valence-electron chi connectivity index (χ0n) is 25.0. The van der Waals surface area contributed by atoms with Crippen LogP contribution in [-0.2, 0) is 6.54 Å². The number of unbranched alkanes of at least 4 members (excludes halogenated alkanes) is 7. The van der Waals surface area contributed by atoms with Crippen molar-refractivity contribution in [1.82, 2.24) is 15.0 Å². The van der Waals surface area contributed by atoms with Gasteiger partial charge in [0, 0.05) is 35.8 Å². The van der Waals surface area contributed by atoms with E-state index in [2.05, 4.69) is 44.8 Å². The summed E-state index contributed by atoms with van der Waals surface area (Å²) >= 11 is 0. The highest BCUT2D eigenvalue weighted by molar-refractivity contribution is 6.00. The molecular formula is C32H49N3O4. The number of amides is 1. The second-order valence-corrected chi connectivity index (χ2v) is 11.8. The fourth-order valence-corrected chi connectivity index (χ4v) is 5.26. The van der Waals surface area contributed by atoms with E-state index in [1.54, 1.807) is 0 Å². The molecule has 4 rings (SSSR count). The van der Waals surface area contributed by atoms with Crippen LogP contribution in [0.15, 0.2) is 22.7 Å². The highest BCUT2D eigenvalue weighted by atomic mass is 16.5. The molecule has 1 aliphatic carbocycles. The second kappa shape index (κ2) is 14.6. The Morgan fingerprint density at radius 2 is 1.72 bits per heavy atom. The normalized spacial score (nSPS) is 15.5. The molecule has 1 aliphatic heterocycles. The van der Waals surface area contributed by atoms with Gasteiger partial charge < -0.3 is 19.4 Å². The average molecular weight is 540 g/mol. The third-order valence-electron chi connectivity index (χ3n) is 8.29.